The Morgan fingerprint density at radius 3 is 2.62 bits per heavy atom. The molecule has 7 nitrogen and oxygen atoms in total. The zero-order chi connectivity index (χ0) is 20.6. The van der Waals surface area contributed by atoms with Crippen LogP contribution in [0.15, 0.2) is 18.2 Å². The molecule has 162 valence electrons. The lowest BCUT2D eigenvalue weighted by Gasteiger charge is -2.43. The maximum absolute atomic E-state index is 11.9. The largest absolute Gasteiger partial charge is 0.496 e. The highest BCUT2D eigenvalue weighted by Gasteiger charge is 2.29. The van der Waals surface area contributed by atoms with Crippen LogP contribution in [0.4, 0.5) is 4.79 Å². The van der Waals surface area contributed by atoms with E-state index in [1.54, 1.807) is 14.2 Å². The number of carbonyl (C=O) groups is 1. The molecule has 2 aliphatic rings. The van der Waals surface area contributed by atoms with Crippen LogP contribution in [0.5, 0.6) is 5.75 Å². The van der Waals surface area contributed by atoms with E-state index in [1.807, 2.05) is 17.9 Å². The minimum absolute atomic E-state index is 0.177. The van der Waals surface area contributed by atoms with Crippen LogP contribution in [-0.2, 0) is 22.6 Å². The van der Waals surface area contributed by atoms with E-state index < -0.39 is 0 Å². The van der Waals surface area contributed by atoms with Gasteiger partial charge in [0.15, 0.2) is 0 Å². The van der Waals surface area contributed by atoms with Crippen molar-refractivity contribution in [1.82, 2.24) is 14.7 Å². The number of methoxy groups -OCH3 is 2. The molecular weight excluding hydrogens is 370 g/mol. The molecular formula is C22H35N3O4. The number of carbonyl (C=O) groups excluding carboxylic acids is 1. The third kappa shape index (κ3) is 5.84. The lowest BCUT2D eigenvalue weighted by Crippen LogP contribution is -2.55. The maximum Gasteiger partial charge on any atom is 0.409 e. The van der Waals surface area contributed by atoms with Gasteiger partial charge in [-0.15, -0.1) is 0 Å². The molecule has 0 radical (unpaired) electrons. The number of piperazine rings is 1. The first kappa shape index (κ1) is 21.9. The topological polar surface area (TPSA) is 54.5 Å². The number of benzene rings is 1. The third-order valence-corrected chi connectivity index (χ3v) is 5.89. The number of amides is 1. The average molecular weight is 406 g/mol. The molecule has 0 spiro atoms. The van der Waals surface area contributed by atoms with Crippen molar-refractivity contribution < 1.29 is 19.0 Å². The molecule has 0 saturated carbocycles. The van der Waals surface area contributed by atoms with Crippen LogP contribution in [-0.4, -0.2) is 86.9 Å². The molecule has 2 aliphatic heterocycles. The smallest absolute Gasteiger partial charge is 0.409 e. The van der Waals surface area contributed by atoms with Gasteiger partial charge in [0.2, 0.25) is 0 Å². The molecule has 1 aromatic carbocycles. The molecule has 2 heterocycles. The van der Waals surface area contributed by atoms with E-state index in [-0.39, 0.29) is 6.09 Å². The van der Waals surface area contributed by atoms with E-state index in [2.05, 4.69) is 21.9 Å². The summed E-state index contributed by atoms with van der Waals surface area (Å²) in [5, 5.41) is 0. The molecule has 7 heteroatoms. The molecule has 1 unspecified atom stereocenters. The van der Waals surface area contributed by atoms with E-state index in [0.29, 0.717) is 19.3 Å². The van der Waals surface area contributed by atoms with Crippen LogP contribution in [0.3, 0.4) is 0 Å². The van der Waals surface area contributed by atoms with Gasteiger partial charge in [0.05, 0.1) is 20.3 Å². The fourth-order valence-corrected chi connectivity index (χ4v) is 4.41. The molecule has 2 fully saturated rings. The monoisotopic (exact) mass is 405 g/mol. The Morgan fingerprint density at radius 1 is 1.14 bits per heavy atom. The van der Waals surface area contributed by atoms with E-state index in [4.69, 9.17) is 14.2 Å². The summed E-state index contributed by atoms with van der Waals surface area (Å²) in [7, 11) is 3.41. The van der Waals surface area contributed by atoms with Crippen molar-refractivity contribution in [3.8, 4) is 5.75 Å². The minimum atomic E-state index is -0.177. The Kier molecular flexibility index (Phi) is 8.15. The second-order valence-corrected chi connectivity index (χ2v) is 7.83. The van der Waals surface area contributed by atoms with Crippen molar-refractivity contribution in [3.63, 3.8) is 0 Å². The molecule has 0 aromatic heterocycles. The standard InChI is InChI=1S/C22H35N3O4/c1-4-29-22(26)25-12-10-24(11-13-25)20-6-5-9-23(16-20)15-18-7-8-21(28-3)19(14-18)17-27-2/h7-8,14,20H,4-6,9-13,15-17H2,1-3H3. The van der Waals surface area contributed by atoms with Gasteiger partial charge in [-0.3, -0.25) is 9.80 Å². The van der Waals surface area contributed by atoms with Crippen molar-refractivity contribution in [2.45, 2.75) is 39.0 Å². The Labute approximate surface area is 174 Å². The average Bonchev–Trinajstić information content (AvgIpc) is 2.75. The van der Waals surface area contributed by atoms with Crippen molar-refractivity contribution in [1.29, 1.82) is 0 Å². The highest BCUT2D eigenvalue weighted by molar-refractivity contribution is 5.67. The summed E-state index contributed by atoms with van der Waals surface area (Å²) in [6.07, 6.45) is 2.26. The van der Waals surface area contributed by atoms with Crippen LogP contribution < -0.4 is 4.74 Å². The molecule has 0 N–H and O–H groups in total. The predicted octanol–water partition coefficient (Wildman–Crippen LogP) is 2.58. The van der Waals surface area contributed by atoms with Gasteiger partial charge >= 0.3 is 6.09 Å². The predicted molar refractivity (Wildman–Crippen MR) is 112 cm³/mol. The number of nitrogens with zero attached hydrogens (tertiary/aromatic N) is 3. The maximum atomic E-state index is 11.9. The van der Waals surface area contributed by atoms with E-state index >= 15 is 0 Å². The minimum Gasteiger partial charge on any atom is -0.496 e. The number of hydrogen-bond donors (Lipinski definition) is 0. The number of ether oxygens (including phenoxy) is 3. The number of rotatable bonds is 7. The lowest BCUT2D eigenvalue weighted by molar-refractivity contribution is 0.0412. The van der Waals surface area contributed by atoms with Gasteiger partial charge in [-0.05, 0) is 44.0 Å². The van der Waals surface area contributed by atoms with Crippen molar-refractivity contribution in [2.75, 3.05) is 60.1 Å². The molecule has 1 atom stereocenters. The fourth-order valence-electron chi connectivity index (χ4n) is 4.41. The van der Waals surface area contributed by atoms with E-state index in [9.17, 15) is 4.79 Å². The lowest BCUT2D eigenvalue weighted by atomic mass is 10.0. The Morgan fingerprint density at radius 2 is 1.93 bits per heavy atom. The van der Waals surface area contributed by atoms with E-state index in [1.165, 1.54) is 18.4 Å². The summed E-state index contributed by atoms with van der Waals surface area (Å²) in [5.74, 6) is 0.881. The Hall–Kier alpha value is -1.83. The molecule has 2 saturated heterocycles. The van der Waals surface area contributed by atoms with Crippen molar-refractivity contribution in [2.24, 2.45) is 0 Å². The van der Waals surface area contributed by atoms with Crippen LogP contribution in [0.2, 0.25) is 0 Å². The van der Waals surface area contributed by atoms with Gasteiger partial charge in [0.25, 0.3) is 0 Å². The second-order valence-electron chi connectivity index (χ2n) is 7.83. The van der Waals surface area contributed by atoms with Gasteiger partial charge in [0, 0.05) is 58.0 Å². The normalized spacial score (nSPS) is 21.2. The molecule has 0 aliphatic carbocycles. The van der Waals surface area contributed by atoms with Gasteiger partial charge < -0.3 is 19.1 Å². The summed E-state index contributed by atoms with van der Waals surface area (Å²) in [5.41, 5.74) is 2.39. The van der Waals surface area contributed by atoms with Crippen molar-refractivity contribution >= 4 is 6.09 Å². The third-order valence-electron chi connectivity index (χ3n) is 5.89. The summed E-state index contributed by atoms with van der Waals surface area (Å²) in [6.45, 7) is 9.37. The van der Waals surface area contributed by atoms with Crippen LogP contribution in [0, 0.1) is 0 Å². The molecule has 1 aromatic rings. The second kappa shape index (κ2) is 10.8. The number of piperidine rings is 1. The van der Waals surface area contributed by atoms with Gasteiger partial charge in [-0.25, -0.2) is 4.79 Å². The summed E-state index contributed by atoms with van der Waals surface area (Å²) >= 11 is 0. The zero-order valence-corrected chi connectivity index (χ0v) is 18.1. The van der Waals surface area contributed by atoms with Gasteiger partial charge in [-0.1, -0.05) is 6.07 Å². The zero-order valence-electron chi connectivity index (χ0n) is 18.1. The Balaban J connectivity index is 1.53. The van der Waals surface area contributed by atoms with Crippen LogP contribution in [0.1, 0.15) is 30.9 Å². The number of likely N-dealkylation sites (tertiary alicyclic amines) is 1. The first-order chi connectivity index (χ1) is 14.1. The summed E-state index contributed by atoms with van der Waals surface area (Å²) in [4.78, 5) is 18.8. The number of hydrogen-bond acceptors (Lipinski definition) is 6. The molecule has 0 bridgehead atoms. The van der Waals surface area contributed by atoms with Crippen molar-refractivity contribution in [3.05, 3.63) is 29.3 Å². The highest BCUT2D eigenvalue weighted by atomic mass is 16.6. The fraction of sp³-hybridized carbons (Fsp3) is 0.682. The molecule has 1 amide bonds. The van der Waals surface area contributed by atoms with Gasteiger partial charge in [-0.2, -0.15) is 0 Å². The summed E-state index contributed by atoms with van der Waals surface area (Å²) in [6, 6.07) is 6.95. The first-order valence-corrected chi connectivity index (χ1v) is 10.7. The SMILES string of the molecule is CCOC(=O)N1CCN(C2CCCN(Cc3ccc(OC)c(COC)c3)C2)CC1. The highest BCUT2D eigenvalue weighted by Crippen LogP contribution is 2.24. The van der Waals surface area contributed by atoms with Crippen LogP contribution >= 0.6 is 0 Å². The van der Waals surface area contributed by atoms with Gasteiger partial charge in [0.1, 0.15) is 5.75 Å². The molecule has 29 heavy (non-hydrogen) atoms. The van der Waals surface area contributed by atoms with E-state index in [0.717, 1.165) is 57.1 Å². The quantitative estimate of drug-likeness (QED) is 0.695. The molecule has 3 rings (SSSR count). The Bertz CT molecular complexity index is 661. The summed E-state index contributed by atoms with van der Waals surface area (Å²) < 4.78 is 15.9. The first-order valence-electron chi connectivity index (χ1n) is 10.7. The van der Waals surface area contributed by atoms with Crippen LogP contribution in [0.25, 0.3) is 0 Å².